The van der Waals surface area contributed by atoms with Gasteiger partial charge in [-0.3, -0.25) is 10.2 Å². The van der Waals surface area contributed by atoms with Crippen LogP contribution in [0.4, 0.5) is 0 Å². The van der Waals surface area contributed by atoms with Gasteiger partial charge in [0.25, 0.3) is 5.91 Å². The van der Waals surface area contributed by atoms with Crippen molar-refractivity contribution in [1.29, 1.82) is 0 Å². The van der Waals surface area contributed by atoms with Crippen molar-refractivity contribution in [3.05, 3.63) is 33.5 Å². The first-order chi connectivity index (χ1) is 8.11. The SMILES string of the molecule is NNC(=O)C1=CC(C2=C(Cl)C=C(Cl)CC2)NN1. The minimum atomic E-state index is -0.374. The molecule has 1 amide bonds. The number of carbonyl (C=O) groups excluding carboxylic acids is 1. The number of nitrogens with one attached hydrogen (secondary N) is 3. The molecule has 1 aliphatic carbocycles. The molecule has 1 aliphatic heterocycles. The second kappa shape index (κ2) is 5.10. The Morgan fingerprint density at radius 2 is 2.24 bits per heavy atom. The van der Waals surface area contributed by atoms with E-state index in [0.29, 0.717) is 10.7 Å². The van der Waals surface area contributed by atoms with Crippen LogP contribution in [0.1, 0.15) is 12.8 Å². The third-order valence-electron chi connectivity index (χ3n) is 2.67. The molecule has 5 nitrogen and oxygen atoms in total. The highest BCUT2D eigenvalue weighted by Crippen LogP contribution is 2.31. The molecule has 7 heteroatoms. The molecule has 17 heavy (non-hydrogen) atoms. The smallest absolute Gasteiger partial charge is 0.282 e. The van der Waals surface area contributed by atoms with Crippen LogP contribution in [-0.2, 0) is 4.79 Å². The second-order valence-electron chi connectivity index (χ2n) is 3.77. The second-order valence-corrected chi connectivity index (χ2v) is 4.66. The van der Waals surface area contributed by atoms with E-state index in [1.807, 2.05) is 0 Å². The molecule has 0 bridgehead atoms. The van der Waals surface area contributed by atoms with Gasteiger partial charge in [-0.2, -0.15) is 0 Å². The summed E-state index contributed by atoms with van der Waals surface area (Å²) < 4.78 is 0. The molecule has 5 N–H and O–H groups in total. The highest BCUT2D eigenvalue weighted by molar-refractivity contribution is 6.35. The fourth-order valence-electron chi connectivity index (χ4n) is 1.78. The summed E-state index contributed by atoms with van der Waals surface area (Å²) in [6.45, 7) is 0. The van der Waals surface area contributed by atoms with Crippen LogP contribution in [-0.4, -0.2) is 11.9 Å². The van der Waals surface area contributed by atoms with Gasteiger partial charge in [-0.15, -0.1) is 0 Å². The van der Waals surface area contributed by atoms with Gasteiger partial charge in [-0.25, -0.2) is 11.3 Å². The molecule has 1 heterocycles. The molecule has 0 radical (unpaired) electrons. The van der Waals surface area contributed by atoms with Gasteiger partial charge >= 0.3 is 0 Å². The highest BCUT2D eigenvalue weighted by atomic mass is 35.5. The first-order valence-electron chi connectivity index (χ1n) is 5.10. The minimum Gasteiger partial charge on any atom is -0.316 e. The molecule has 0 fully saturated rings. The molecule has 0 aromatic carbocycles. The number of carbonyl (C=O) groups is 1. The van der Waals surface area contributed by atoms with Gasteiger partial charge in [-0.05, 0) is 30.6 Å². The zero-order valence-electron chi connectivity index (χ0n) is 8.89. The van der Waals surface area contributed by atoms with Gasteiger partial charge in [0, 0.05) is 10.1 Å². The van der Waals surface area contributed by atoms with E-state index in [-0.39, 0.29) is 11.9 Å². The van der Waals surface area contributed by atoms with Crippen molar-refractivity contribution in [1.82, 2.24) is 16.3 Å². The summed E-state index contributed by atoms with van der Waals surface area (Å²) in [5, 5.41) is 1.36. The molecule has 0 saturated carbocycles. The predicted octanol–water partition coefficient (Wildman–Crippen LogP) is 0.746. The number of hydrogen-bond donors (Lipinski definition) is 4. The monoisotopic (exact) mass is 274 g/mol. The summed E-state index contributed by atoms with van der Waals surface area (Å²) in [5.41, 5.74) is 9.17. The first-order valence-corrected chi connectivity index (χ1v) is 5.86. The van der Waals surface area contributed by atoms with Crippen molar-refractivity contribution in [2.45, 2.75) is 18.9 Å². The Hall–Kier alpha value is -1.01. The van der Waals surface area contributed by atoms with Gasteiger partial charge in [0.15, 0.2) is 0 Å². The number of nitrogens with two attached hydrogens (primary N) is 1. The molecule has 0 aromatic rings. The van der Waals surface area contributed by atoms with Crippen LogP contribution >= 0.6 is 23.2 Å². The van der Waals surface area contributed by atoms with E-state index in [9.17, 15) is 4.79 Å². The van der Waals surface area contributed by atoms with E-state index in [4.69, 9.17) is 29.0 Å². The third kappa shape index (κ3) is 2.63. The molecule has 0 saturated heterocycles. The van der Waals surface area contributed by atoms with Crippen LogP contribution < -0.4 is 22.1 Å². The predicted molar refractivity (Wildman–Crippen MR) is 66.5 cm³/mol. The molecule has 0 spiro atoms. The lowest BCUT2D eigenvalue weighted by Crippen LogP contribution is -2.39. The van der Waals surface area contributed by atoms with Crippen LogP contribution in [0.5, 0.6) is 0 Å². The van der Waals surface area contributed by atoms with Crippen LogP contribution in [0.25, 0.3) is 0 Å². The minimum absolute atomic E-state index is 0.115. The topological polar surface area (TPSA) is 79.2 Å². The summed E-state index contributed by atoms with van der Waals surface area (Å²) >= 11 is 12.0. The summed E-state index contributed by atoms with van der Waals surface area (Å²) in [5.74, 6) is 4.67. The lowest BCUT2D eigenvalue weighted by atomic mass is 9.97. The lowest BCUT2D eigenvalue weighted by Gasteiger charge is -2.18. The quantitative estimate of drug-likeness (QED) is 0.340. The third-order valence-corrected chi connectivity index (χ3v) is 3.32. The Balaban J connectivity index is 2.18. The molecule has 2 aliphatic rings. The van der Waals surface area contributed by atoms with Gasteiger partial charge in [0.1, 0.15) is 5.70 Å². The summed E-state index contributed by atoms with van der Waals surface area (Å²) in [6.07, 6.45) is 5.00. The Morgan fingerprint density at radius 3 is 2.88 bits per heavy atom. The molecular weight excluding hydrogens is 263 g/mol. The maximum Gasteiger partial charge on any atom is 0.282 e. The Labute approximate surface area is 109 Å². The van der Waals surface area contributed by atoms with Gasteiger partial charge in [-0.1, -0.05) is 23.2 Å². The number of rotatable bonds is 2. The van der Waals surface area contributed by atoms with Crippen molar-refractivity contribution in [3.8, 4) is 0 Å². The van der Waals surface area contributed by atoms with Crippen molar-refractivity contribution in [2.24, 2.45) is 5.84 Å². The van der Waals surface area contributed by atoms with Crippen molar-refractivity contribution < 1.29 is 4.79 Å². The van der Waals surface area contributed by atoms with E-state index in [2.05, 4.69) is 16.3 Å². The standard InChI is InChI=1S/C10H12Cl2N4O/c11-5-1-2-6(7(12)3-5)8-4-9(16-15-8)10(17)14-13/h3-4,8,15-16H,1-2,13H2,(H,14,17). The van der Waals surface area contributed by atoms with Gasteiger partial charge < -0.3 is 5.43 Å². The number of halogens is 2. The van der Waals surface area contributed by atoms with Crippen LogP contribution in [0.15, 0.2) is 33.5 Å². The fourth-order valence-corrected chi connectivity index (χ4v) is 2.39. The average Bonchev–Trinajstić information content (AvgIpc) is 2.77. The maximum absolute atomic E-state index is 11.3. The fraction of sp³-hybridized carbons (Fsp3) is 0.300. The van der Waals surface area contributed by atoms with Crippen LogP contribution in [0.3, 0.4) is 0 Å². The Bertz CT molecular complexity index is 442. The number of hydrazine groups is 2. The Morgan fingerprint density at radius 1 is 1.47 bits per heavy atom. The van der Waals surface area contributed by atoms with E-state index in [1.165, 1.54) is 0 Å². The molecule has 0 aromatic heterocycles. The molecule has 92 valence electrons. The van der Waals surface area contributed by atoms with E-state index in [1.54, 1.807) is 12.2 Å². The number of hydrogen-bond acceptors (Lipinski definition) is 4. The van der Waals surface area contributed by atoms with E-state index >= 15 is 0 Å². The molecule has 2 rings (SSSR count). The molecule has 1 unspecified atom stereocenters. The molecular formula is C10H12Cl2N4O. The zero-order chi connectivity index (χ0) is 12.4. The lowest BCUT2D eigenvalue weighted by molar-refractivity contribution is -0.117. The zero-order valence-corrected chi connectivity index (χ0v) is 10.4. The van der Waals surface area contributed by atoms with E-state index < -0.39 is 0 Å². The van der Waals surface area contributed by atoms with Gasteiger partial charge in [0.05, 0.1) is 6.04 Å². The Kier molecular flexibility index (Phi) is 3.73. The van der Waals surface area contributed by atoms with Crippen molar-refractivity contribution in [2.75, 3.05) is 0 Å². The normalized spacial score (nSPS) is 24.1. The van der Waals surface area contributed by atoms with Crippen molar-refractivity contribution in [3.63, 3.8) is 0 Å². The highest BCUT2D eigenvalue weighted by Gasteiger charge is 2.25. The summed E-state index contributed by atoms with van der Waals surface area (Å²) in [4.78, 5) is 11.3. The van der Waals surface area contributed by atoms with Gasteiger partial charge in [0.2, 0.25) is 0 Å². The largest absolute Gasteiger partial charge is 0.316 e. The van der Waals surface area contributed by atoms with Crippen molar-refractivity contribution >= 4 is 29.1 Å². The van der Waals surface area contributed by atoms with Crippen LogP contribution in [0, 0.1) is 0 Å². The number of amides is 1. The van der Waals surface area contributed by atoms with E-state index in [0.717, 1.165) is 23.4 Å². The summed E-state index contributed by atoms with van der Waals surface area (Å²) in [6, 6.07) is -0.115. The van der Waals surface area contributed by atoms with Crippen LogP contribution in [0.2, 0.25) is 0 Å². The average molecular weight is 275 g/mol. The summed E-state index contributed by atoms with van der Waals surface area (Å²) in [7, 11) is 0. The first kappa shape index (κ1) is 12.4. The maximum atomic E-state index is 11.3. The molecule has 1 atom stereocenters. The number of allylic oxidation sites excluding steroid dienone is 3.